The molecule has 0 atom stereocenters. The number of ether oxygens (including phenoxy) is 3. The number of nitrogens with one attached hydrogen (secondary N) is 1. The van der Waals surface area contributed by atoms with Crippen LogP contribution in [0.3, 0.4) is 0 Å². The number of benzene rings is 3. The summed E-state index contributed by atoms with van der Waals surface area (Å²) in [6, 6.07) is 19.6. The average molecular weight is 484 g/mol. The molecule has 3 aromatic carbocycles. The van der Waals surface area contributed by atoms with E-state index in [1.165, 1.54) is 39.7 Å². The highest BCUT2D eigenvalue weighted by Gasteiger charge is 2.29. The van der Waals surface area contributed by atoms with Crippen LogP contribution in [0.25, 0.3) is 0 Å². The van der Waals surface area contributed by atoms with Crippen LogP contribution in [0.2, 0.25) is 0 Å². The summed E-state index contributed by atoms with van der Waals surface area (Å²) in [6.07, 6.45) is 1.39. The number of nitrogens with zero attached hydrogens (tertiary/aromatic N) is 2. The molecule has 0 aliphatic carbocycles. The van der Waals surface area contributed by atoms with E-state index in [-0.39, 0.29) is 10.6 Å². The SMILES string of the molecule is COc1ccccc1N(CC(=O)N/N=C\c1cccc(OC)c1OC)S(=O)(=O)c1ccccc1. The summed E-state index contributed by atoms with van der Waals surface area (Å²) in [6.45, 7) is -0.524. The van der Waals surface area contributed by atoms with Gasteiger partial charge in [-0.3, -0.25) is 9.10 Å². The van der Waals surface area contributed by atoms with Gasteiger partial charge in [-0.15, -0.1) is 0 Å². The first-order valence-electron chi connectivity index (χ1n) is 10.2. The molecule has 0 unspecified atom stereocenters. The number of carbonyl (C=O) groups is 1. The lowest BCUT2D eigenvalue weighted by molar-refractivity contribution is -0.119. The van der Waals surface area contributed by atoms with Crippen molar-refractivity contribution in [3.05, 3.63) is 78.4 Å². The first-order valence-corrected chi connectivity index (χ1v) is 11.6. The highest BCUT2D eigenvalue weighted by molar-refractivity contribution is 7.92. The van der Waals surface area contributed by atoms with Gasteiger partial charge < -0.3 is 14.2 Å². The van der Waals surface area contributed by atoms with E-state index >= 15 is 0 Å². The van der Waals surface area contributed by atoms with Crippen LogP contribution in [0.1, 0.15) is 5.56 Å². The van der Waals surface area contributed by atoms with Crippen molar-refractivity contribution >= 4 is 27.8 Å². The van der Waals surface area contributed by atoms with Crippen molar-refractivity contribution in [2.24, 2.45) is 5.10 Å². The predicted octanol–water partition coefficient (Wildman–Crippen LogP) is 3.06. The van der Waals surface area contributed by atoms with E-state index in [0.29, 0.717) is 22.8 Å². The second-order valence-corrected chi connectivity index (χ2v) is 8.73. The fourth-order valence-electron chi connectivity index (χ4n) is 3.21. The molecule has 178 valence electrons. The quantitative estimate of drug-likeness (QED) is 0.351. The molecule has 3 aromatic rings. The molecule has 10 heteroatoms. The van der Waals surface area contributed by atoms with E-state index in [1.807, 2.05) is 0 Å². The first-order chi connectivity index (χ1) is 16.4. The van der Waals surface area contributed by atoms with E-state index in [9.17, 15) is 13.2 Å². The van der Waals surface area contributed by atoms with Gasteiger partial charge in [0.05, 0.1) is 38.1 Å². The molecular formula is C24H25N3O6S. The summed E-state index contributed by atoms with van der Waals surface area (Å²) in [7, 11) is 0.361. The largest absolute Gasteiger partial charge is 0.495 e. The van der Waals surface area contributed by atoms with Gasteiger partial charge in [0.25, 0.3) is 15.9 Å². The molecule has 0 aliphatic rings. The number of amides is 1. The predicted molar refractivity (Wildman–Crippen MR) is 129 cm³/mol. The zero-order chi connectivity index (χ0) is 24.6. The van der Waals surface area contributed by atoms with E-state index in [2.05, 4.69) is 10.5 Å². The average Bonchev–Trinajstić information content (AvgIpc) is 2.87. The number of anilines is 1. The number of methoxy groups -OCH3 is 3. The molecule has 34 heavy (non-hydrogen) atoms. The minimum absolute atomic E-state index is 0.0401. The highest BCUT2D eigenvalue weighted by Crippen LogP contribution is 2.32. The van der Waals surface area contributed by atoms with Gasteiger partial charge in [0.15, 0.2) is 11.5 Å². The van der Waals surface area contributed by atoms with E-state index in [4.69, 9.17) is 14.2 Å². The Bertz CT molecular complexity index is 1260. The molecule has 0 radical (unpaired) electrons. The minimum atomic E-state index is -4.07. The molecule has 9 nitrogen and oxygen atoms in total. The Labute approximate surface area is 198 Å². The number of para-hydroxylation sites is 3. The van der Waals surface area contributed by atoms with Crippen LogP contribution < -0.4 is 23.9 Å². The van der Waals surface area contributed by atoms with Crippen LogP contribution in [-0.4, -0.2) is 48.4 Å². The molecule has 0 spiro atoms. The first kappa shape index (κ1) is 24.6. The van der Waals surface area contributed by atoms with Crippen molar-refractivity contribution in [1.82, 2.24) is 5.43 Å². The summed E-state index contributed by atoms with van der Waals surface area (Å²) in [4.78, 5) is 12.8. The van der Waals surface area contributed by atoms with E-state index in [1.54, 1.807) is 60.7 Å². The van der Waals surface area contributed by atoms with Crippen molar-refractivity contribution < 1.29 is 27.4 Å². The van der Waals surface area contributed by atoms with Gasteiger partial charge in [-0.2, -0.15) is 5.10 Å². The number of sulfonamides is 1. The molecule has 0 fully saturated rings. The van der Waals surface area contributed by atoms with Crippen LogP contribution >= 0.6 is 0 Å². The smallest absolute Gasteiger partial charge is 0.264 e. The number of hydrogen-bond donors (Lipinski definition) is 1. The Morgan fingerprint density at radius 3 is 2.21 bits per heavy atom. The Balaban J connectivity index is 1.88. The molecule has 1 amide bonds. The standard InChI is InChI=1S/C24H25N3O6S/c1-31-21-14-8-7-13-20(21)27(34(29,30)19-11-5-4-6-12-19)17-23(28)26-25-16-18-10-9-15-22(32-2)24(18)33-3/h4-16H,17H2,1-3H3,(H,26,28)/b25-16-. The van der Waals surface area contributed by atoms with Crippen molar-refractivity contribution in [2.45, 2.75) is 4.90 Å². The van der Waals surface area contributed by atoms with Crippen molar-refractivity contribution in [2.75, 3.05) is 32.2 Å². The second kappa shape index (κ2) is 11.2. The zero-order valence-corrected chi connectivity index (χ0v) is 19.8. The molecule has 0 bridgehead atoms. The van der Waals surface area contributed by atoms with Crippen molar-refractivity contribution in [3.8, 4) is 17.2 Å². The third kappa shape index (κ3) is 5.46. The molecule has 1 N–H and O–H groups in total. The highest BCUT2D eigenvalue weighted by atomic mass is 32.2. The molecule has 3 rings (SSSR count). The van der Waals surface area contributed by atoms with Gasteiger partial charge >= 0.3 is 0 Å². The third-order valence-corrected chi connectivity index (χ3v) is 6.57. The summed E-state index contributed by atoms with van der Waals surface area (Å²) < 4.78 is 43.7. The molecule has 0 aliphatic heterocycles. The molecule has 0 heterocycles. The van der Waals surface area contributed by atoms with Crippen LogP contribution in [0.4, 0.5) is 5.69 Å². The van der Waals surface area contributed by atoms with Crippen LogP contribution in [0.15, 0.2) is 82.8 Å². The number of rotatable bonds is 10. The third-order valence-electron chi connectivity index (χ3n) is 4.80. The maximum Gasteiger partial charge on any atom is 0.264 e. The van der Waals surface area contributed by atoms with Gasteiger partial charge in [-0.25, -0.2) is 13.8 Å². The Morgan fingerprint density at radius 1 is 0.882 bits per heavy atom. The number of hydrogen-bond acceptors (Lipinski definition) is 7. The van der Waals surface area contributed by atoms with Gasteiger partial charge in [-0.05, 0) is 36.4 Å². The topological polar surface area (TPSA) is 107 Å². The molecule has 0 aromatic heterocycles. The normalized spacial score (nSPS) is 11.1. The second-order valence-electron chi connectivity index (χ2n) is 6.87. The number of carbonyl (C=O) groups excluding carboxylic acids is 1. The fraction of sp³-hybridized carbons (Fsp3) is 0.167. The lowest BCUT2D eigenvalue weighted by Crippen LogP contribution is -2.39. The monoisotopic (exact) mass is 483 g/mol. The summed E-state index contributed by atoms with van der Waals surface area (Å²) >= 11 is 0. The van der Waals surface area contributed by atoms with Crippen molar-refractivity contribution in [1.29, 1.82) is 0 Å². The van der Waals surface area contributed by atoms with Gasteiger partial charge in [0.2, 0.25) is 0 Å². The Morgan fingerprint density at radius 2 is 1.53 bits per heavy atom. The Hall–Kier alpha value is -4.05. The van der Waals surface area contributed by atoms with Gasteiger partial charge in [0.1, 0.15) is 12.3 Å². The maximum absolute atomic E-state index is 13.4. The summed E-state index contributed by atoms with van der Waals surface area (Å²) in [5.74, 6) is 0.613. The van der Waals surface area contributed by atoms with Gasteiger partial charge in [-0.1, -0.05) is 36.4 Å². The molecule has 0 saturated heterocycles. The van der Waals surface area contributed by atoms with Crippen LogP contribution in [0, 0.1) is 0 Å². The number of hydrazone groups is 1. The molecular weight excluding hydrogens is 458 g/mol. The van der Waals surface area contributed by atoms with E-state index < -0.39 is 22.5 Å². The molecule has 0 saturated carbocycles. The van der Waals surface area contributed by atoms with E-state index in [0.717, 1.165) is 4.31 Å². The summed E-state index contributed by atoms with van der Waals surface area (Å²) in [5, 5.41) is 3.96. The van der Waals surface area contributed by atoms with Gasteiger partial charge in [0, 0.05) is 5.56 Å². The van der Waals surface area contributed by atoms with Crippen molar-refractivity contribution in [3.63, 3.8) is 0 Å². The minimum Gasteiger partial charge on any atom is -0.495 e. The lowest BCUT2D eigenvalue weighted by Gasteiger charge is -2.25. The fourth-order valence-corrected chi connectivity index (χ4v) is 4.66. The maximum atomic E-state index is 13.4. The Kier molecular flexibility index (Phi) is 8.10. The lowest BCUT2D eigenvalue weighted by atomic mass is 10.2. The zero-order valence-electron chi connectivity index (χ0n) is 19.0. The van der Waals surface area contributed by atoms with Crippen LogP contribution in [-0.2, 0) is 14.8 Å². The summed E-state index contributed by atoms with van der Waals surface area (Å²) in [5.41, 5.74) is 3.16. The van der Waals surface area contributed by atoms with Crippen LogP contribution in [0.5, 0.6) is 17.2 Å².